The molecular formula is C35H35NO9S. The van der Waals surface area contributed by atoms with Crippen LogP contribution in [0.5, 0.6) is 0 Å². The molecule has 0 aromatic heterocycles. The van der Waals surface area contributed by atoms with E-state index in [4.69, 9.17) is 14.2 Å². The van der Waals surface area contributed by atoms with Crippen LogP contribution in [0.1, 0.15) is 50.5 Å². The van der Waals surface area contributed by atoms with Gasteiger partial charge < -0.3 is 19.1 Å². The number of nitrogens with zero attached hydrogens (tertiary/aromatic N) is 1. The van der Waals surface area contributed by atoms with Crippen molar-refractivity contribution in [2.75, 3.05) is 6.61 Å². The van der Waals surface area contributed by atoms with Crippen molar-refractivity contribution >= 4 is 33.7 Å². The van der Waals surface area contributed by atoms with Gasteiger partial charge >= 0.3 is 17.9 Å². The van der Waals surface area contributed by atoms with Crippen LogP contribution in [-0.4, -0.2) is 65.5 Å². The summed E-state index contributed by atoms with van der Waals surface area (Å²) in [5.41, 5.74) is 0.659. The fraction of sp³-hybridized carbons (Fsp3) is 0.314. The van der Waals surface area contributed by atoms with Crippen molar-refractivity contribution in [2.24, 2.45) is 0 Å². The van der Waals surface area contributed by atoms with Gasteiger partial charge in [-0.1, -0.05) is 91.0 Å². The van der Waals surface area contributed by atoms with E-state index in [0.717, 1.165) is 11.0 Å². The van der Waals surface area contributed by atoms with Crippen molar-refractivity contribution in [1.29, 1.82) is 0 Å². The summed E-state index contributed by atoms with van der Waals surface area (Å²) in [5.74, 6) is -3.46. The Morgan fingerprint density at radius 1 is 0.891 bits per heavy atom. The van der Waals surface area contributed by atoms with Crippen LogP contribution in [0.25, 0.3) is 0 Å². The number of carbonyl (C=O) groups excluding carboxylic acids is 4. The van der Waals surface area contributed by atoms with Gasteiger partial charge in [-0.25, -0.2) is 18.0 Å². The summed E-state index contributed by atoms with van der Waals surface area (Å²) >= 11 is 0. The van der Waals surface area contributed by atoms with Crippen LogP contribution in [0.2, 0.25) is 0 Å². The van der Waals surface area contributed by atoms with E-state index in [9.17, 15) is 27.6 Å². The molecule has 11 heteroatoms. The maximum Gasteiger partial charge on any atom is 0.331 e. The van der Waals surface area contributed by atoms with E-state index in [1.807, 2.05) is 0 Å². The Labute approximate surface area is 267 Å². The molecule has 10 nitrogen and oxygen atoms in total. The molecule has 3 atom stereocenters. The molecule has 0 aliphatic carbocycles. The first-order chi connectivity index (χ1) is 21.7. The molecule has 0 N–H and O–H groups in total. The van der Waals surface area contributed by atoms with E-state index in [2.05, 4.69) is 0 Å². The second kappa shape index (κ2) is 12.6. The number of hydrogen-bond acceptors (Lipinski definition) is 9. The summed E-state index contributed by atoms with van der Waals surface area (Å²) in [4.78, 5) is 54.0. The molecule has 2 aliphatic heterocycles. The van der Waals surface area contributed by atoms with Crippen LogP contribution in [0.3, 0.4) is 0 Å². The number of amides is 1. The van der Waals surface area contributed by atoms with Gasteiger partial charge in [-0.15, -0.1) is 0 Å². The molecule has 0 saturated carbocycles. The average molecular weight is 646 g/mol. The van der Waals surface area contributed by atoms with Gasteiger partial charge in [0.25, 0.3) is 5.91 Å². The molecule has 1 amide bonds. The summed E-state index contributed by atoms with van der Waals surface area (Å²) in [7, 11) is -4.48. The molecule has 3 aromatic carbocycles. The lowest BCUT2D eigenvalue weighted by molar-refractivity contribution is -0.163. The highest BCUT2D eigenvalue weighted by Crippen LogP contribution is 2.49. The number of ether oxygens (including phenoxy) is 3. The molecule has 0 spiro atoms. The van der Waals surface area contributed by atoms with Crippen LogP contribution in [-0.2, 0) is 49.6 Å². The number of esters is 3. The molecule has 2 fully saturated rings. The third-order valence-corrected chi connectivity index (χ3v) is 10.6. The van der Waals surface area contributed by atoms with Gasteiger partial charge in [0, 0.05) is 6.08 Å². The topological polar surface area (TPSA) is 133 Å². The maximum atomic E-state index is 14.2. The molecule has 0 radical (unpaired) electrons. The van der Waals surface area contributed by atoms with Crippen molar-refractivity contribution in [3.63, 3.8) is 0 Å². The largest absolute Gasteiger partial charge is 0.464 e. The smallest absolute Gasteiger partial charge is 0.331 e. The fourth-order valence-electron chi connectivity index (χ4n) is 5.64. The lowest BCUT2D eigenvalue weighted by atomic mass is 9.94. The number of hydrogen-bond donors (Lipinski definition) is 0. The van der Waals surface area contributed by atoms with E-state index < -0.39 is 68.1 Å². The summed E-state index contributed by atoms with van der Waals surface area (Å²) in [6, 6.07) is 24.8. The Morgan fingerprint density at radius 2 is 1.41 bits per heavy atom. The predicted octanol–water partition coefficient (Wildman–Crippen LogP) is 4.10. The van der Waals surface area contributed by atoms with Crippen molar-refractivity contribution in [2.45, 2.75) is 62.0 Å². The zero-order chi connectivity index (χ0) is 33.3. The summed E-state index contributed by atoms with van der Waals surface area (Å²) in [6.45, 7) is 5.41. The standard InChI is InChI=1S/C35H35NO9S/c1-34(2,3)45-28(38)21-26-31(39)36-30(33(40)44-29(24-16-10-6-11-17-24)25-18-12-7-13-19-25)35(4,46(41,42)32(26)36)22-43-27(37)20-23-14-8-5-9-15-23/h5-19,21,29-30,32H,20,22H2,1-4H3/b26-21-/t30-,32?,35-/m0/s1. The molecule has 2 aliphatic rings. The quantitative estimate of drug-likeness (QED) is 0.146. The molecule has 3 aromatic rings. The Hall–Kier alpha value is -4.77. The van der Waals surface area contributed by atoms with Crippen molar-refractivity contribution in [3.05, 3.63) is 119 Å². The van der Waals surface area contributed by atoms with Gasteiger partial charge in [0.2, 0.25) is 0 Å². The number of carbonyl (C=O) groups is 4. The first-order valence-electron chi connectivity index (χ1n) is 14.7. The Kier molecular flexibility index (Phi) is 8.90. The number of sulfone groups is 1. The fourth-order valence-corrected chi connectivity index (χ4v) is 7.91. The minimum absolute atomic E-state index is 0.133. The predicted molar refractivity (Wildman–Crippen MR) is 168 cm³/mol. The SMILES string of the molecule is CC(C)(C)OC(=O)/C=C1/C(=O)N2C1S(=O)(=O)[C@@](C)(COC(=O)Cc1ccccc1)[C@@H]2C(=O)OC(c1ccccc1)c1ccccc1. The Bertz CT molecular complexity index is 1730. The first-order valence-corrected chi connectivity index (χ1v) is 16.3. The van der Waals surface area contributed by atoms with Crippen molar-refractivity contribution in [3.8, 4) is 0 Å². The number of fused-ring (bicyclic) bond motifs is 1. The zero-order valence-corrected chi connectivity index (χ0v) is 26.7. The van der Waals surface area contributed by atoms with Gasteiger partial charge in [-0.3, -0.25) is 9.59 Å². The summed E-state index contributed by atoms with van der Waals surface area (Å²) in [5, 5.41) is -1.64. The normalized spacial score (nSPS) is 22.6. The van der Waals surface area contributed by atoms with Gasteiger partial charge in [0.1, 0.15) is 17.0 Å². The van der Waals surface area contributed by atoms with Crippen LogP contribution in [0.4, 0.5) is 0 Å². The third kappa shape index (κ3) is 6.32. The molecule has 2 saturated heterocycles. The third-order valence-electron chi connectivity index (χ3n) is 7.85. The lowest BCUT2D eigenvalue weighted by Gasteiger charge is -2.39. The number of rotatable bonds is 9. The van der Waals surface area contributed by atoms with E-state index in [0.29, 0.717) is 16.7 Å². The molecule has 46 heavy (non-hydrogen) atoms. The van der Waals surface area contributed by atoms with Gasteiger partial charge in [-0.2, -0.15) is 0 Å². The van der Waals surface area contributed by atoms with E-state index in [-0.39, 0.29) is 12.0 Å². The Morgan fingerprint density at radius 3 is 1.93 bits per heavy atom. The van der Waals surface area contributed by atoms with E-state index in [1.54, 1.807) is 112 Å². The molecule has 240 valence electrons. The highest BCUT2D eigenvalue weighted by molar-refractivity contribution is 7.94. The maximum absolute atomic E-state index is 14.2. The van der Waals surface area contributed by atoms with Crippen LogP contribution >= 0.6 is 0 Å². The van der Waals surface area contributed by atoms with Gasteiger partial charge in [0.15, 0.2) is 27.4 Å². The molecular weight excluding hydrogens is 610 g/mol. The summed E-state index contributed by atoms with van der Waals surface area (Å²) in [6.07, 6.45) is -0.223. The monoisotopic (exact) mass is 645 g/mol. The average Bonchev–Trinajstić information content (AvgIpc) is 3.18. The minimum atomic E-state index is -4.48. The second-order valence-electron chi connectivity index (χ2n) is 12.4. The lowest BCUT2D eigenvalue weighted by Crippen LogP contribution is -2.60. The second-order valence-corrected chi connectivity index (χ2v) is 14.9. The first kappa shape index (κ1) is 32.6. The van der Waals surface area contributed by atoms with E-state index in [1.165, 1.54) is 6.92 Å². The summed E-state index contributed by atoms with van der Waals surface area (Å²) < 4.78 is 43.1. The number of benzene rings is 3. The molecule has 2 heterocycles. The molecule has 1 unspecified atom stereocenters. The van der Waals surface area contributed by atoms with Gasteiger partial charge in [0.05, 0.1) is 12.0 Å². The highest BCUT2D eigenvalue weighted by atomic mass is 32.2. The Balaban J connectivity index is 1.51. The van der Waals surface area contributed by atoms with Crippen molar-refractivity contribution in [1.82, 2.24) is 4.90 Å². The molecule has 5 rings (SSSR count). The highest BCUT2D eigenvalue weighted by Gasteiger charge is 2.73. The molecule has 0 bridgehead atoms. The number of β-lactam (4-membered cyclic amide) rings is 1. The van der Waals surface area contributed by atoms with Crippen LogP contribution in [0.15, 0.2) is 103 Å². The van der Waals surface area contributed by atoms with Crippen LogP contribution in [0, 0.1) is 0 Å². The van der Waals surface area contributed by atoms with Crippen LogP contribution < -0.4 is 0 Å². The van der Waals surface area contributed by atoms with Gasteiger partial charge in [-0.05, 0) is 44.4 Å². The van der Waals surface area contributed by atoms with E-state index >= 15 is 0 Å². The van der Waals surface area contributed by atoms with Crippen molar-refractivity contribution < 1.29 is 41.8 Å². The minimum Gasteiger partial charge on any atom is -0.464 e. The zero-order valence-electron chi connectivity index (χ0n) is 25.9.